The van der Waals surface area contributed by atoms with E-state index in [1.54, 1.807) is 6.92 Å². The fraction of sp³-hybridized carbons (Fsp3) is 1.00. The topological polar surface area (TPSA) is 49.4 Å². The van der Waals surface area contributed by atoms with Crippen LogP contribution in [0.15, 0.2) is 0 Å². The van der Waals surface area contributed by atoms with Crippen molar-refractivity contribution in [2.75, 3.05) is 37.7 Å². The molecule has 1 fully saturated rings. The molecule has 1 N–H and O–H groups in total. The highest BCUT2D eigenvalue weighted by Gasteiger charge is 2.15. The van der Waals surface area contributed by atoms with Gasteiger partial charge in [-0.25, -0.2) is 8.42 Å². The second-order valence-electron chi connectivity index (χ2n) is 4.25. The Balaban J connectivity index is 2.20. The normalized spacial score (nSPS) is 24.3. The minimum absolute atomic E-state index is 0.269. The summed E-state index contributed by atoms with van der Waals surface area (Å²) in [6.45, 7) is 7.87. The zero-order valence-electron chi connectivity index (χ0n) is 9.70. The van der Waals surface area contributed by atoms with Crippen LogP contribution in [0.3, 0.4) is 0 Å². The molecule has 4 nitrogen and oxygen atoms in total. The molecular weight excluding hydrogens is 212 g/mol. The van der Waals surface area contributed by atoms with Crippen LogP contribution in [0.1, 0.15) is 20.3 Å². The van der Waals surface area contributed by atoms with Crippen LogP contribution in [0.25, 0.3) is 0 Å². The summed E-state index contributed by atoms with van der Waals surface area (Å²) in [7, 11) is -2.78. The van der Waals surface area contributed by atoms with Crippen molar-refractivity contribution >= 4 is 9.84 Å². The summed E-state index contributed by atoms with van der Waals surface area (Å²) in [5.74, 6) is 0.604. The van der Waals surface area contributed by atoms with Crippen molar-refractivity contribution in [3.05, 3.63) is 0 Å². The third-order valence-corrected chi connectivity index (χ3v) is 4.61. The lowest BCUT2D eigenvalue weighted by Gasteiger charge is -2.31. The average Bonchev–Trinajstić information content (AvgIpc) is 2.18. The standard InChI is InChI=1S/C10H22N2O2S/c1-3-15(13,14)8-4-6-12-7-5-11-10(2)9-12/h10-11H,3-9H2,1-2H3/t10-/m1/s1. The van der Waals surface area contributed by atoms with Gasteiger partial charge in [-0.15, -0.1) is 0 Å². The van der Waals surface area contributed by atoms with Crippen LogP contribution >= 0.6 is 0 Å². The number of rotatable bonds is 5. The van der Waals surface area contributed by atoms with Gasteiger partial charge in [-0.2, -0.15) is 0 Å². The summed E-state index contributed by atoms with van der Waals surface area (Å²) < 4.78 is 22.5. The summed E-state index contributed by atoms with van der Waals surface area (Å²) >= 11 is 0. The lowest BCUT2D eigenvalue weighted by Crippen LogP contribution is -2.49. The van der Waals surface area contributed by atoms with Gasteiger partial charge < -0.3 is 10.2 Å². The van der Waals surface area contributed by atoms with E-state index in [9.17, 15) is 8.42 Å². The molecule has 1 heterocycles. The maximum absolute atomic E-state index is 11.3. The predicted octanol–water partition coefficient (Wildman–Crippen LogP) is 0.105. The average molecular weight is 234 g/mol. The molecule has 0 spiro atoms. The van der Waals surface area contributed by atoms with E-state index in [1.807, 2.05) is 0 Å². The van der Waals surface area contributed by atoms with Crippen molar-refractivity contribution in [2.45, 2.75) is 26.3 Å². The maximum Gasteiger partial charge on any atom is 0.150 e. The molecule has 0 aromatic carbocycles. The van der Waals surface area contributed by atoms with Crippen LogP contribution in [-0.2, 0) is 9.84 Å². The highest BCUT2D eigenvalue weighted by Crippen LogP contribution is 2.01. The lowest BCUT2D eigenvalue weighted by molar-refractivity contribution is 0.208. The molecule has 1 atom stereocenters. The monoisotopic (exact) mass is 234 g/mol. The molecule has 0 aliphatic carbocycles. The quantitative estimate of drug-likeness (QED) is 0.733. The molecule has 0 saturated carbocycles. The third kappa shape index (κ3) is 4.95. The van der Waals surface area contributed by atoms with Crippen molar-refractivity contribution in [3.63, 3.8) is 0 Å². The van der Waals surface area contributed by atoms with Crippen molar-refractivity contribution in [3.8, 4) is 0 Å². The van der Waals surface area contributed by atoms with Crippen molar-refractivity contribution in [2.24, 2.45) is 0 Å². The van der Waals surface area contributed by atoms with E-state index < -0.39 is 9.84 Å². The first-order chi connectivity index (χ1) is 7.03. The molecular formula is C10H22N2O2S. The first-order valence-corrected chi connectivity index (χ1v) is 7.52. The second kappa shape index (κ2) is 5.82. The fourth-order valence-corrected chi connectivity index (χ4v) is 2.73. The first-order valence-electron chi connectivity index (χ1n) is 5.69. The Morgan fingerprint density at radius 1 is 1.47 bits per heavy atom. The maximum atomic E-state index is 11.3. The summed E-state index contributed by atoms with van der Waals surface area (Å²) in [5.41, 5.74) is 0. The first kappa shape index (κ1) is 12.9. The summed E-state index contributed by atoms with van der Waals surface area (Å²) in [5, 5.41) is 3.37. The van der Waals surface area contributed by atoms with Gasteiger partial charge in [0.2, 0.25) is 0 Å². The Morgan fingerprint density at radius 3 is 2.80 bits per heavy atom. The van der Waals surface area contributed by atoms with Crippen molar-refractivity contribution < 1.29 is 8.42 Å². The molecule has 1 saturated heterocycles. The Kier molecular flexibility index (Phi) is 5.02. The van der Waals surface area contributed by atoms with Crippen LogP contribution < -0.4 is 5.32 Å². The molecule has 0 radical (unpaired) electrons. The molecule has 90 valence electrons. The summed E-state index contributed by atoms with van der Waals surface area (Å²) in [4.78, 5) is 2.34. The van der Waals surface area contributed by atoms with Gasteiger partial charge in [-0.05, 0) is 19.9 Å². The van der Waals surface area contributed by atoms with Gasteiger partial charge in [0.1, 0.15) is 9.84 Å². The summed E-state index contributed by atoms with van der Waals surface area (Å²) in [6, 6.07) is 0.529. The van der Waals surface area contributed by atoms with E-state index in [4.69, 9.17) is 0 Å². The Hall–Kier alpha value is -0.130. The molecule has 0 unspecified atom stereocenters. The SMILES string of the molecule is CCS(=O)(=O)CCCN1CCN[C@H](C)C1. The van der Waals surface area contributed by atoms with Crippen LogP contribution in [0.5, 0.6) is 0 Å². The molecule has 15 heavy (non-hydrogen) atoms. The zero-order valence-corrected chi connectivity index (χ0v) is 10.5. The van der Waals surface area contributed by atoms with E-state index in [1.165, 1.54) is 0 Å². The number of nitrogens with zero attached hydrogens (tertiary/aromatic N) is 1. The Labute approximate surface area is 93.0 Å². The Morgan fingerprint density at radius 2 is 2.20 bits per heavy atom. The third-order valence-electron chi connectivity index (χ3n) is 2.82. The number of hydrogen-bond donors (Lipinski definition) is 1. The molecule has 1 aliphatic rings. The van der Waals surface area contributed by atoms with E-state index in [0.29, 0.717) is 11.8 Å². The zero-order chi connectivity index (χ0) is 11.3. The van der Waals surface area contributed by atoms with Crippen LogP contribution in [0, 0.1) is 0 Å². The fourth-order valence-electron chi connectivity index (χ4n) is 1.87. The van der Waals surface area contributed by atoms with Crippen LogP contribution in [-0.4, -0.2) is 57.0 Å². The van der Waals surface area contributed by atoms with E-state index >= 15 is 0 Å². The highest BCUT2D eigenvalue weighted by atomic mass is 32.2. The minimum Gasteiger partial charge on any atom is -0.312 e. The van der Waals surface area contributed by atoms with Gasteiger partial charge in [0.25, 0.3) is 0 Å². The van der Waals surface area contributed by atoms with Crippen molar-refractivity contribution in [1.82, 2.24) is 10.2 Å². The molecule has 5 heteroatoms. The van der Waals surface area contributed by atoms with Gasteiger partial charge in [0.15, 0.2) is 0 Å². The molecule has 0 bridgehead atoms. The number of piperazine rings is 1. The number of nitrogens with one attached hydrogen (secondary N) is 1. The number of sulfone groups is 1. The second-order valence-corrected chi connectivity index (χ2v) is 6.72. The number of hydrogen-bond acceptors (Lipinski definition) is 4. The molecule has 0 aromatic heterocycles. The largest absolute Gasteiger partial charge is 0.312 e. The molecule has 0 aromatic rings. The van der Waals surface area contributed by atoms with Crippen molar-refractivity contribution in [1.29, 1.82) is 0 Å². The van der Waals surface area contributed by atoms with Gasteiger partial charge >= 0.3 is 0 Å². The Bertz CT molecular complexity index is 277. The van der Waals surface area contributed by atoms with Gasteiger partial charge in [0, 0.05) is 31.4 Å². The van der Waals surface area contributed by atoms with E-state index in [2.05, 4.69) is 17.1 Å². The molecule has 0 amide bonds. The lowest BCUT2D eigenvalue weighted by atomic mass is 10.2. The predicted molar refractivity (Wildman–Crippen MR) is 62.8 cm³/mol. The van der Waals surface area contributed by atoms with Gasteiger partial charge in [-0.1, -0.05) is 6.92 Å². The summed E-state index contributed by atoms with van der Waals surface area (Å²) in [6.07, 6.45) is 0.767. The smallest absolute Gasteiger partial charge is 0.150 e. The van der Waals surface area contributed by atoms with Crippen LogP contribution in [0.4, 0.5) is 0 Å². The molecule has 1 aliphatic heterocycles. The van der Waals surface area contributed by atoms with Gasteiger partial charge in [-0.3, -0.25) is 0 Å². The molecule has 1 rings (SSSR count). The van der Waals surface area contributed by atoms with Crippen LogP contribution in [0.2, 0.25) is 0 Å². The van der Waals surface area contributed by atoms with E-state index in [0.717, 1.165) is 32.6 Å². The van der Waals surface area contributed by atoms with E-state index in [-0.39, 0.29) is 5.75 Å². The highest BCUT2D eigenvalue weighted by molar-refractivity contribution is 7.91. The van der Waals surface area contributed by atoms with Gasteiger partial charge in [0.05, 0.1) is 5.75 Å². The minimum atomic E-state index is -2.78.